The van der Waals surface area contributed by atoms with Crippen LogP contribution < -0.4 is 10.1 Å². The first kappa shape index (κ1) is 25.1. The Balaban J connectivity index is 1.37. The second-order valence-corrected chi connectivity index (χ2v) is 10.2. The molecule has 1 fully saturated rings. The van der Waals surface area contributed by atoms with E-state index in [0.717, 1.165) is 45.3 Å². The van der Waals surface area contributed by atoms with Crippen LogP contribution in [0.3, 0.4) is 0 Å². The molecule has 2 aliphatic heterocycles. The van der Waals surface area contributed by atoms with Crippen LogP contribution in [0.25, 0.3) is 5.57 Å². The SMILES string of the molecule is COC(=O)C1=C(c2cccc(OCc3ccccc3)c2)C[C@@H]2CC[C@H]1N2C(=O)NCc1ccc(Br)cc1. The van der Waals surface area contributed by atoms with Crippen LogP contribution in [-0.2, 0) is 22.7 Å². The number of carbonyl (C=O) groups excluding carboxylic acids is 2. The van der Waals surface area contributed by atoms with E-state index in [4.69, 9.17) is 9.47 Å². The van der Waals surface area contributed by atoms with E-state index >= 15 is 0 Å². The van der Waals surface area contributed by atoms with Gasteiger partial charge in [0, 0.05) is 17.1 Å². The van der Waals surface area contributed by atoms with E-state index in [1.165, 1.54) is 7.11 Å². The van der Waals surface area contributed by atoms with Crippen molar-refractivity contribution >= 4 is 33.5 Å². The van der Waals surface area contributed by atoms with Crippen molar-refractivity contribution in [3.8, 4) is 5.75 Å². The van der Waals surface area contributed by atoms with Gasteiger partial charge in [-0.1, -0.05) is 70.5 Å². The van der Waals surface area contributed by atoms with Gasteiger partial charge in [-0.2, -0.15) is 0 Å². The zero-order valence-electron chi connectivity index (χ0n) is 20.7. The van der Waals surface area contributed by atoms with Crippen molar-refractivity contribution in [3.63, 3.8) is 0 Å². The maximum Gasteiger partial charge on any atom is 0.336 e. The summed E-state index contributed by atoms with van der Waals surface area (Å²) in [4.78, 5) is 28.2. The monoisotopic (exact) mass is 560 g/mol. The van der Waals surface area contributed by atoms with Gasteiger partial charge in [0.2, 0.25) is 0 Å². The van der Waals surface area contributed by atoms with E-state index in [1.54, 1.807) is 0 Å². The van der Waals surface area contributed by atoms with E-state index < -0.39 is 0 Å². The zero-order valence-corrected chi connectivity index (χ0v) is 22.2. The third-order valence-corrected chi connectivity index (χ3v) is 7.56. The summed E-state index contributed by atoms with van der Waals surface area (Å²) in [5.41, 5.74) is 4.52. The Kier molecular flexibility index (Phi) is 7.60. The lowest BCUT2D eigenvalue weighted by Gasteiger charge is -2.37. The number of hydrogen-bond donors (Lipinski definition) is 1. The molecular weight excluding hydrogens is 532 g/mol. The molecule has 0 aliphatic carbocycles. The molecule has 0 radical (unpaired) electrons. The Bertz CT molecular complexity index is 1310. The zero-order chi connectivity index (χ0) is 25.8. The molecule has 1 saturated heterocycles. The minimum atomic E-state index is -0.387. The molecule has 2 aliphatic rings. The second kappa shape index (κ2) is 11.2. The number of methoxy groups -OCH3 is 1. The Hall–Kier alpha value is -3.58. The smallest absolute Gasteiger partial charge is 0.336 e. The van der Waals surface area contributed by atoms with Crippen LogP contribution in [0.1, 0.15) is 36.0 Å². The van der Waals surface area contributed by atoms with Crippen molar-refractivity contribution in [1.29, 1.82) is 0 Å². The normalized spacial score (nSPS) is 18.5. The van der Waals surface area contributed by atoms with Gasteiger partial charge in [-0.15, -0.1) is 0 Å². The molecule has 1 N–H and O–H groups in total. The number of nitrogens with one attached hydrogen (secondary N) is 1. The quantitative estimate of drug-likeness (QED) is 0.354. The van der Waals surface area contributed by atoms with Crippen LogP contribution in [0.4, 0.5) is 4.79 Å². The third-order valence-electron chi connectivity index (χ3n) is 7.03. The highest BCUT2D eigenvalue weighted by atomic mass is 79.9. The first-order valence-electron chi connectivity index (χ1n) is 12.4. The fourth-order valence-corrected chi connectivity index (χ4v) is 5.51. The van der Waals surface area contributed by atoms with Crippen LogP contribution in [0.5, 0.6) is 5.75 Å². The number of amides is 2. The molecule has 2 bridgehead atoms. The molecule has 37 heavy (non-hydrogen) atoms. The maximum atomic E-state index is 13.3. The highest BCUT2D eigenvalue weighted by Crippen LogP contribution is 2.44. The van der Waals surface area contributed by atoms with Crippen molar-refractivity contribution in [3.05, 3.63) is 106 Å². The Labute approximate surface area is 225 Å². The van der Waals surface area contributed by atoms with Gasteiger partial charge in [0.1, 0.15) is 12.4 Å². The number of hydrogen-bond acceptors (Lipinski definition) is 4. The van der Waals surface area contributed by atoms with Crippen molar-refractivity contribution < 1.29 is 19.1 Å². The number of nitrogens with zero attached hydrogens (tertiary/aromatic N) is 1. The maximum absolute atomic E-state index is 13.3. The minimum Gasteiger partial charge on any atom is -0.489 e. The van der Waals surface area contributed by atoms with Crippen molar-refractivity contribution in [2.24, 2.45) is 0 Å². The number of fused-ring (bicyclic) bond motifs is 2. The molecule has 2 atom stereocenters. The predicted molar refractivity (Wildman–Crippen MR) is 146 cm³/mol. The van der Waals surface area contributed by atoms with Gasteiger partial charge in [0.15, 0.2) is 0 Å². The van der Waals surface area contributed by atoms with E-state index in [9.17, 15) is 9.59 Å². The van der Waals surface area contributed by atoms with E-state index in [-0.39, 0.29) is 24.1 Å². The van der Waals surface area contributed by atoms with Crippen molar-refractivity contribution in [2.45, 2.75) is 44.5 Å². The lowest BCUT2D eigenvalue weighted by molar-refractivity contribution is -0.136. The summed E-state index contributed by atoms with van der Waals surface area (Å²) in [6.45, 7) is 0.887. The average molecular weight is 561 g/mol. The molecule has 190 valence electrons. The van der Waals surface area contributed by atoms with E-state index in [2.05, 4.69) is 21.2 Å². The first-order chi connectivity index (χ1) is 18.0. The molecule has 2 amide bonds. The summed E-state index contributed by atoms with van der Waals surface area (Å²) in [6.07, 6.45) is 2.16. The van der Waals surface area contributed by atoms with Gasteiger partial charge in [-0.25, -0.2) is 9.59 Å². The number of carbonyl (C=O) groups is 2. The number of halogens is 1. The molecule has 3 aromatic carbocycles. The van der Waals surface area contributed by atoms with Gasteiger partial charge >= 0.3 is 12.0 Å². The van der Waals surface area contributed by atoms with Crippen molar-refractivity contribution in [1.82, 2.24) is 10.2 Å². The molecule has 0 aromatic heterocycles. The minimum absolute atomic E-state index is 0.0206. The Morgan fingerprint density at radius 3 is 2.51 bits per heavy atom. The van der Waals surface area contributed by atoms with Crippen LogP contribution >= 0.6 is 15.9 Å². The number of urea groups is 1. The van der Waals surface area contributed by atoms with Crippen molar-refractivity contribution in [2.75, 3.05) is 7.11 Å². The predicted octanol–water partition coefficient (Wildman–Crippen LogP) is 6.10. The molecule has 0 unspecified atom stereocenters. The van der Waals surface area contributed by atoms with Gasteiger partial charge in [0.25, 0.3) is 0 Å². The van der Waals surface area contributed by atoms with Crippen LogP contribution in [0, 0.1) is 0 Å². The number of esters is 1. The van der Waals surface area contributed by atoms with E-state index in [0.29, 0.717) is 25.1 Å². The summed E-state index contributed by atoms with van der Waals surface area (Å²) in [7, 11) is 1.39. The largest absolute Gasteiger partial charge is 0.489 e. The number of rotatable bonds is 7. The molecular formula is C30H29BrN2O4. The fourth-order valence-electron chi connectivity index (χ4n) is 5.25. The highest BCUT2D eigenvalue weighted by Gasteiger charge is 2.46. The molecule has 5 rings (SSSR count). The highest BCUT2D eigenvalue weighted by molar-refractivity contribution is 9.10. The van der Waals surface area contributed by atoms with Crippen LogP contribution in [-0.4, -0.2) is 36.1 Å². The van der Waals surface area contributed by atoms with Gasteiger partial charge in [0.05, 0.1) is 18.7 Å². The Morgan fingerprint density at radius 1 is 0.973 bits per heavy atom. The topological polar surface area (TPSA) is 67.9 Å². The van der Waals surface area contributed by atoms with Gasteiger partial charge in [-0.3, -0.25) is 0 Å². The van der Waals surface area contributed by atoms with Gasteiger partial charge in [-0.05, 0) is 65.8 Å². The summed E-state index contributed by atoms with van der Waals surface area (Å²) >= 11 is 3.44. The summed E-state index contributed by atoms with van der Waals surface area (Å²) < 4.78 is 12.2. The fraction of sp³-hybridized carbons (Fsp3) is 0.267. The first-order valence-corrected chi connectivity index (χ1v) is 13.2. The molecule has 0 saturated carbocycles. The molecule has 0 spiro atoms. The standard InChI is InChI=1S/C30H29BrN2O4/c1-36-29(34)28-26(22-8-5-9-25(16-22)37-19-21-6-3-2-4-7-21)17-24-14-15-27(28)33(24)30(35)32-18-20-10-12-23(31)13-11-20/h2-13,16,24,27H,14-15,17-19H2,1H3,(H,32,35)/t24-,27+/m0/s1. The lowest BCUT2D eigenvalue weighted by atomic mass is 9.88. The van der Waals surface area contributed by atoms with Crippen LogP contribution in [0.2, 0.25) is 0 Å². The molecule has 3 aromatic rings. The second-order valence-electron chi connectivity index (χ2n) is 9.33. The lowest BCUT2D eigenvalue weighted by Crippen LogP contribution is -2.50. The molecule has 7 heteroatoms. The average Bonchev–Trinajstić information content (AvgIpc) is 3.25. The summed E-state index contributed by atoms with van der Waals surface area (Å²) in [5.74, 6) is 0.349. The summed E-state index contributed by atoms with van der Waals surface area (Å²) in [5, 5.41) is 3.04. The molecule has 6 nitrogen and oxygen atoms in total. The third kappa shape index (κ3) is 5.57. The van der Waals surface area contributed by atoms with Gasteiger partial charge < -0.3 is 19.7 Å². The number of benzene rings is 3. The number of ether oxygens (including phenoxy) is 2. The van der Waals surface area contributed by atoms with Crippen LogP contribution in [0.15, 0.2) is 88.9 Å². The Morgan fingerprint density at radius 2 is 1.76 bits per heavy atom. The summed E-state index contributed by atoms with van der Waals surface area (Å²) in [6, 6.07) is 25.2. The molecule has 2 heterocycles. The van der Waals surface area contributed by atoms with E-state index in [1.807, 2.05) is 83.8 Å².